The molecule has 3 aromatic rings. The van der Waals surface area contributed by atoms with Gasteiger partial charge in [0.1, 0.15) is 11.3 Å². The van der Waals surface area contributed by atoms with Gasteiger partial charge in [-0.1, -0.05) is 6.07 Å². The summed E-state index contributed by atoms with van der Waals surface area (Å²) in [7, 11) is 1.60. The van der Waals surface area contributed by atoms with Gasteiger partial charge in [-0.3, -0.25) is 4.98 Å². The molecule has 0 radical (unpaired) electrons. The quantitative estimate of drug-likeness (QED) is 0.779. The van der Waals surface area contributed by atoms with Crippen LogP contribution in [0.2, 0.25) is 0 Å². The van der Waals surface area contributed by atoms with Crippen molar-refractivity contribution in [2.75, 3.05) is 12.4 Å². The molecule has 0 spiro atoms. The molecule has 0 bridgehead atoms. The molecule has 3 heterocycles. The summed E-state index contributed by atoms with van der Waals surface area (Å²) >= 11 is 0. The van der Waals surface area contributed by atoms with Crippen LogP contribution in [0.3, 0.4) is 0 Å². The predicted molar refractivity (Wildman–Crippen MR) is 75.4 cm³/mol. The first-order valence-corrected chi connectivity index (χ1v) is 6.16. The lowest BCUT2D eigenvalue weighted by Crippen LogP contribution is -2.02. The molecule has 0 aliphatic rings. The fraction of sp³-hybridized carbons (Fsp3) is 0.143. The number of pyridine rings is 2. The van der Waals surface area contributed by atoms with E-state index in [0.29, 0.717) is 18.1 Å². The van der Waals surface area contributed by atoms with Gasteiger partial charge in [-0.25, -0.2) is 15.0 Å². The molecule has 0 aromatic carbocycles. The van der Waals surface area contributed by atoms with E-state index in [2.05, 4.69) is 25.3 Å². The maximum absolute atomic E-state index is 5.02. The molecule has 0 saturated carbocycles. The smallest absolute Gasteiger partial charge is 0.212 e. The van der Waals surface area contributed by atoms with E-state index in [9.17, 15) is 0 Å². The summed E-state index contributed by atoms with van der Waals surface area (Å²) in [5.74, 6) is 1.36. The summed E-state index contributed by atoms with van der Waals surface area (Å²) in [6, 6.07) is 7.56. The Balaban J connectivity index is 1.72. The van der Waals surface area contributed by atoms with E-state index in [-0.39, 0.29) is 0 Å². The van der Waals surface area contributed by atoms with Crippen LogP contribution in [0.4, 0.5) is 5.82 Å². The van der Waals surface area contributed by atoms with Crippen LogP contribution >= 0.6 is 0 Å². The van der Waals surface area contributed by atoms with Crippen molar-refractivity contribution < 1.29 is 4.74 Å². The Morgan fingerprint density at radius 3 is 2.75 bits per heavy atom. The summed E-state index contributed by atoms with van der Waals surface area (Å²) in [6.45, 7) is 0.635. The van der Waals surface area contributed by atoms with Gasteiger partial charge in [0.05, 0.1) is 7.11 Å². The van der Waals surface area contributed by atoms with Crippen LogP contribution in [-0.4, -0.2) is 27.0 Å². The van der Waals surface area contributed by atoms with Gasteiger partial charge in [0.25, 0.3) is 0 Å². The normalized spacial score (nSPS) is 10.4. The van der Waals surface area contributed by atoms with Gasteiger partial charge in [-0.2, -0.15) is 0 Å². The minimum absolute atomic E-state index is 0.604. The highest BCUT2D eigenvalue weighted by molar-refractivity contribution is 5.71. The first-order valence-electron chi connectivity index (χ1n) is 6.16. The van der Waals surface area contributed by atoms with Crippen molar-refractivity contribution in [2.45, 2.75) is 6.54 Å². The van der Waals surface area contributed by atoms with Crippen LogP contribution in [0.15, 0.2) is 42.9 Å². The Morgan fingerprint density at radius 1 is 1.05 bits per heavy atom. The van der Waals surface area contributed by atoms with Crippen LogP contribution in [0.25, 0.3) is 11.2 Å². The Hall–Kier alpha value is -2.76. The van der Waals surface area contributed by atoms with Crippen molar-refractivity contribution >= 4 is 17.0 Å². The molecule has 6 heteroatoms. The minimum atomic E-state index is 0.604. The predicted octanol–water partition coefficient (Wildman–Crippen LogP) is 2.04. The van der Waals surface area contributed by atoms with Crippen molar-refractivity contribution in [1.82, 2.24) is 19.9 Å². The molecule has 20 heavy (non-hydrogen) atoms. The molecule has 1 N–H and O–H groups in total. The lowest BCUT2D eigenvalue weighted by atomic mass is 10.3. The van der Waals surface area contributed by atoms with E-state index in [4.69, 9.17) is 4.74 Å². The first-order chi connectivity index (χ1) is 9.85. The Labute approximate surface area is 115 Å². The fourth-order valence-corrected chi connectivity index (χ4v) is 1.78. The maximum atomic E-state index is 5.02. The van der Waals surface area contributed by atoms with Crippen LogP contribution in [-0.2, 0) is 6.54 Å². The van der Waals surface area contributed by atoms with Crippen molar-refractivity contribution in [3.05, 3.63) is 48.4 Å². The summed E-state index contributed by atoms with van der Waals surface area (Å²) in [5, 5.41) is 3.23. The zero-order chi connectivity index (χ0) is 13.8. The zero-order valence-electron chi connectivity index (χ0n) is 10.9. The van der Waals surface area contributed by atoms with E-state index in [1.165, 1.54) is 0 Å². The van der Waals surface area contributed by atoms with Crippen LogP contribution < -0.4 is 10.1 Å². The molecule has 6 nitrogen and oxygen atoms in total. The Morgan fingerprint density at radius 2 is 1.95 bits per heavy atom. The average Bonchev–Trinajstić information content (AvgIpc) is 2.53. The van der Waals surface area contributed by atoms with Gasteiger partial charge in [-0.15, -0.1) is 0 Å². The van der Waals surface area contributed by atoms with E-state index in [0.717, 1.165) is 16.9 Å². The standard InChI is InChI=1S/C14H13N5O/c1-20-13-5-2-10(9-18-13)8-17-12-4-3-11-14(19-12)16-7-6-15-11/h2-7,9H,8H2,1H3,(H,16,17,19). The molecule has 0 aliphatic heterocycles. The molecule has 0 aliphatic carbocycles. The average molecular weight is 267 g/mol. The number of nitrogens with zero attached hydrogens (tertiary/aromatic N) is 4. The molecule has 0 amide bonds. The van der Waals surface area contributed by atoms with Crippen LogP contribution in [0.1, 0.15) is 5.56 Å². The highest BCUT2D eigenvalue weighted by Gasteiger charge is 2.00. The second kappa shape index (κ2) is 5.48. The molecular formula is C14H13N5O. The van der Waals surface area contributed by atoms with Gasteiger partial charge in [0.15, 0.2) is 5.65 Å². The largest absolute Gasteiger partial charge is 0.481 e. The SMILES string of the molecule is COc1ccc(CNc2ccc3nccnc3n2)cn1. The number of aromatic nitrogens is 4. The number of rotatable bonds is 4. The van der Waals surface area contributed by atoms with E-state index in [1.807, 2.05) is 24.3 Å². The number of anilines is 1. The third kappa shape index (κ3) is 2.64. The van der Waals surface area contributed by atoms with Gasteiger partial charge >= 0.3 is 0 Å². The van der Waals surface area contributed by atoms with Crippen molar-refractivity contribution in [2.24, 2.45) is 0 Å². The number of fused-ring (bicyclic) bond motifs is 1. The highest BCUT2D eigenvalue weighted by atomic mass is 16.5. The van der Waals surface area contributed by atoms with Gasteiger partial charge in [0.2, 0.25) is 5.88 Å². The lowest BCUT2D eigenvalue weighted by Gasteiger charge is -2.06. The molecule has 0 saturated heterocycles. The Bertz CT molecular complexity index is 714. The monoisotopic (exact) mass is 267 g/mol. The summed E-state index contributed by atoms with van der Waals surface area (Å²) in [4.78, 5) is 16.9. The number of methoxy groups -OCH3 is 1. The second-order valence-electron chi connectivity index (χ2n) is 4.16. The van der Waals surface area contributed by atoms with E-state index >= 15 is 0 Å². The minimum Gasteiger partial charge on any atom is -0.481 e. The van der Waals surface area contributed by atoms with E-state index < -0.39 is 0 Å². The number of nitrogens with one attached hydrogen (secondary N) is 1. The highest BCUT2D eigenvalue weighted by Crippen LogP contribution is 2.12. The van der Waals surface area contributed by atoms with Crippen LogP contribution in [0, 0.1) is 0 Å². The molecule has 100 valence electrons. The Kier molecular flexibility index (Phi) is 3.36. The molecule has 0 atom stereocenters. The van der Waals surface area contributed by atoms with Gasteiger partial charge in [-0.05, 0) is 17.7 Å². The maximum Gasteiger partial charge on any atom is 0.212 e. The van der Waals surface area contributed by atoms with Crippen molar-refractivity contribution in [3.63, 3.8) is 0 Å². The molecule has 3 aromatic heterocycles. The molecule has 0 unspecified atom stereocenters. The van der Waals surface area contributed by atoms with Crippen LogP contribution in [0.5, 0.6) is 5.88 Å². The molecule has 3 rings (SSSR count). The number of hydrogen-bond donors (Lipinski definition) is 1. The zero-order valence-corrected chi connectivity index (χ0v) is 10.9. The van der Waals surface area contributed by atoms with Gasteiger partial charge < -0.3 is 10.1 Å². The molecule has 0 fully saturated rings. The first kappa shape index (κ1) is 12.3. The summed E-state index contributed by atoms with van der Waals surface area (Å²) in [5.41, 5.74) is 2.46. The topological polar surface area (TPSA) is 72.8 Å². The van der Waals surface area contributed by atoms with Crippen molar-refractivity contribution in [3.8, 4) is 5.88 Å². The van der Waals surface area contributed by atoms with Gasteiger partial charge in [0, 0.05) is 31.2 Å². The third-order valence-electron chi connectivity index (χ3n) is 2.81. The number of ether oxygens (including phenoxy) is 1. The molecular weight excluding hydrogens is 254 g/mol. The third-order valence-corrected chi connectivity index (χ3v) is 2.81. The lowest BCUT2D eigenvalue weighted by molar-refractivity contribution is 0.397. The number of hydrogen-bond acceptors (Lipinski definition) is 6. The fourth-order valence-electron chi connectivity index (χ4n) is 1.78. The summed E-state index contributed by atoms with van der Waals surface area (Å²) in [6.07, 6.45) is 5.05. The summed E-state index contributed by atoms with van der Waals surface area (Å²) < 4.78 is 5.02. The second-order valence-corrected chi connectivity index (χ2v) is 4.16. The van der Waals surface area contributed by atoms with Crippen molar-refractivity contribution in [1.29, 1.82) is 0 Å². The van der Waals surface area contributed by atoms with E-state index in [1.54, 1.807) is 25.7 Å².